The number of fused-ring (bicyclic) bond motifs is 1. The molecule has 3 aliphatic heterocycles. The normalized spacial score (nSPS) is 24.6. The molecule has 2 N–H and O–H groups in total. The highest BCUT2D eigenvalue weighted by Crippen LogP contribution is 2.35. The smallest absolute Gasteiger partial charge is 0.264 e. The minimum absolute atomic E-state index is 0.0183. The number of rotatable bonds is 4. The molecule has 1 aromatic carbocycles. The Morgan fingerprint density at radius 2 is 1.96 bits per heavy atom. The number of piperidine rings is 1. The van der Waals surface area contributed by atoms with Crippen LogP contribution in [0.25, 0.3) is 0 Å². The zero-order valence-electron chi connectivity index (χ0n) is 15.5. The van der Waals surface area contributed by atoms with Gasteiger partial charge in [0.25, 0.3) is 11.8 Å². The van der Waals surface area contributed by atoms with E-state index in [0.29, 0.717) is 6.54 Å². The van der Waals surface area contributed by atoms with Gasteiger partial charge in [-0.15, -0.1) is 0 Å². The Hall–Kier alpha value is -2.81. The molecule has 148 valence electrons. The van der Waals surface area contributed by atoms with Gasteiger partial charge in [0.15, 0.2) is 0 Å². The summed E-state index contributed by atoms with van der Waals surface area (Å²) in [6.45, 7) is 1.39. The lowest BCUT2D eigenvalue weighted by Crippen LogP contribution is -2.54. The van der Waals surface area contributed by atoms with Crippen LogP contribution >= 0.6 is 0 Å². The second kappa shape index (κ2) is 6.97. The Kier molecular flexibility index (Phi) is 4.62. The van der Waals surface area contributed by atoms with Crippen LogP contribution in [0.3, 0.4) is 0 Å². The number of nitrogens with zero attached hydrogens (tertiary/aromatic N) is 2. The van der Waals surface area contributed by atoms with Crippen molar-refractivity contribution in [1.29, 1.82) is 0 Å². The van der Waals surface area contributed by atoms with Crippen LogP contribution in [0.2, 0.25) is 0 Å². The van der Waals surface area contributed by atoms with Crippen LogP contribution in [0.4, 0.5) is 10.1 Å². The summed E-state index contributed by atoms with van der Waals surface area (Å²) in [5.41, 5.74) is 0.131. The largest absolute Gasteiger partial charge is 0.370 e. The maximum absolute atomic E-state index is 14.7. The van der Waals surface area contributed by atoms with Crippen LogP contribution in [0, 0.1) is 5.82 Å². The summed E-state index contributed by atoms with van der Waals surface area (Å²) < 4.78 is 14.7. The summed E-state index contributed by atoms with van der Waals surface area (Å²) in [4.78, 5) is 52.0. The molecule has 0 saturated carbocycles. The van der Waals surface area contributed by atoms with Gasteiger partial charge in [-0.25, -0.2) is 4.39 Å². The predicted molar refractivity (Wildman–Crippen MR) is 97.4 cm³/mol. The zero-order valence-corrected chi connectivity index (χ0v) is 15.5. The molecule has 4 rings (SSSR count). The molecule has 3 heterocycles. The fourth-order valence-electron chi connectivity index (χ4n) is 4.22. The molecule has 2 saturated heterocycles. The van der Waals surface area contributed by atoms with Crippen LogP contribution in [0.15, 0.2) is 12.1 Å². The minimum atomic E-state index is -1.07. The minimum Gasteiger partial charge on any atom is -0.370 e. The van der Waals surface area contributed by atoms with E-state index in [4.69, 9.17) is 0 Å². The van der Waals surface area contributed by atoms with Crippen molar-refractivity contribution in [2.45, 2.75) is 37.8 Å². The van der Waals surface area contributed by atoms with Crippen molar-refractivity contribution in [2.24, 2.45) is 0 Å². The van der Waals surface area contributed by atoms with E-state index in [0.717, 1.165) is 24.3 Å². The molecule has 3 aliphatic rings. The molecule has 2 atom stereocenters. The highest BCUT2D eigenvalue weighted by Gasteiger charge is 2.46. The molecule has 0 spiro atoms. The number of hydrogen-bond donors (Lipinski definition) is 2. The SMILES string of the molecule is CN(C[C@@H]1CCCN1)c1c(F)ccc2c1C(=O)N(C1CCC(=O)NC1=O)C2=O. The van der Waals surface area contributed by atoms with Gasteiger partial charge in [-0.2, -0.15) is 0 Å². The third-order valence-electron chi connectivity index (χ3n) is 5.57. The number of benzene rings is 1. The van der Waals surface area contributed by atoms with Crippen molar-refractivity contribution in [2.75, 3.05) is 25.0 Å². The van der Waals surface area contributed by atoms with Gasteiger partial charge in [0.2, 0.25) is 11.8 Å². The monoisotopic (exact) mass is 388 g/mol. The molecule has 28 heavy (non-hydrogen) atoms. The summed E-state index contributed by atoms with van der Waals surface area (Å²) in [6.07, 6.45) is 2.10. The molecule has 2 fully saturated rings. The molecular formula is C19H21FN4O4. The first-order valence-electron chi connectivity index (χ1n) is 9.37. The van der Waals surface area contributed by atoms with Crippen LogP contribution in [-0.4, -0.2) is 60.7 Å². The molecule has 0 aromatic heterocycles. The Balaban J connectivity index is 1.68. The first kappa shape index (κ1) is 18.5. The molecule has 0 bridgehead atoms. The Morgan fingerprint density at radius 3 is 2.64 bits per heavy atom. The molecule has 4 amide bonds. The van der Waals surface area contributed by atoms with Crippen molar-refractivity contribution < 1.29 is 23.6 Å². The van der Waals surface area contributed by atoms with Crippen LogP contribution in [-0.2, 0) is 9.59 Å². The number of carbonyl (C=O) groups excluding carboxylic acids is 4. The van der Waals surface area contributed by atoms with E-state index in [9.17, 15) is 23.6 Å². The molecule has 0 radical (unpaired) electrons. The molecular weight excluding hydrogens is 367 g/mol. The van der Waals surface area contributed by atoms with E-state index in [-0.39, 0.29) is 35.7 Å². The van der Waals surface area contributed by atoms with Crippen molar-refractivity contribution in [1.82, 2.24) is 15.5 Å². The van der Waals surface area contributed by atoms with E-state index < -0.39 is 35.5 Å². The lowest BCUT2D eigenvalue weighted by atomic mass is 10.0. The van der Waals surface area contributed by atoms with Gasteiger partial charge >= 0.3 is 0 Å². The summed E-state index contributed by atoms with van der Waals surface area (Å²) >= 11 is 0. The van der Waals surface area contributed by atoms with Crippen molar-refractivity contribution in [3.8, 4) is 0 Å². The number of halogens is 1. The van der Waals surface area contributed by atoms with Gasteiger partial charge in [-0.05, 0) is 37.9 Å². The average Bonchev–Trinajstić information content (AvgIpc) is 3.23. The van der Waals surface area contributed by atoms with E-state index in [1.54, 1.807) is 11.9 Å². The molecule has 0 aliphatic carbocycles. The van der Waals surface area contributed by atoms with Gasteiger partial charge in [0, 0.05) is 26.1 Å². The summed E-state index contributed by atoms with van der Waals surface area (Å²) in [7, 11) is 1.69. The highest BCUT2D eigenvalue weighted by molar-refractivity contribution is 6.25. The fraction of sp³-hybridized carbons (Fsp3) is 0.474. The molecule has 1 unspecified atom stereocenters. The molecule has 9 heteroatoms. The Morgan fingerprint density at radius 1 is 1.18 bits per heavy atom. The maximum atomic E-state index is 14.7. The Labute approximate surface area is 161 Å². The zero-order chi connectivity index (χ0) is 20.0. The van der Waals surface area contributed by atoms with Crippen LogP contribution in [0.1, 0.15) is 46.4 Å². The highest BCUT2D eigenvalue weighted by atomic mass is 19.1. The third-order valence-corrected chi connectivity index (χ3v) is 5.57. The molecule has 8 nitrogen and oxygen atoms in total. The number of nitrogens with one attached hydrogen (secondary N) is 2. The predicted octanol–water partition coefficient (Wildman–Crippen LogP) is 0.415. The van der Waals surface area contributed by atoms with Crippen molar-refractivity contribution in [3.05, 3.63) is 29.1 Å². The van der Waals surface area contributed by atoms with Gasteiger partial charge in [-0.1, -0.05) is 0 Å². The van der Waals surface area contributed by atoms with E-state index >= 15 is 0 Å². The number of amides is 4. The van der Waals surface area contributed by atoms with Crippen LogP contribution in [0.5, 0.6) is 0 Å². The lowest BCUT2D eigenvalue weighted by Gasteiger charge is -2.28. The van der Waals surface area contributed by atoms with E-state index in [1.165, 1.54) is 12.1 Å². The summed E-state index contributed by atoms with van der Waals surface area (Å²) in [6, 6.07) is 1.56. The average molecular weight is 388 g/mol. The summed E-state index contributed by atoms with van der Waals surface area (Å²) in [5, 5.41) is 5.48. The van der Waals surface area contributed by atoms with E-state index in [1.807, 2.05) is 0 Å². The number of likely N-dealkylation sites (N-methyl/N-ethyl adjacent to an activating group) is 1. The lowest BCUT2D eigenvalue weighted by molar-refractivity contribution is -0.136. The fourth-order valence-corrected chi connectivity index (χ4v) is 4.22. The topological polar surface area (TPSA) is 98.8 Å². The van der Waals surface area contributed by atoms with Gasteiger partial charge in [0.1, 0.15) is 11.9 Å². The molecule has 1 aromatic rings. The van der Waals surface area contributed by atoms with Gasteiger partial charge in [0.05, 0.1) is 16.8 Å². The van der Waals surface area contributed by atoms with Crippen LogP contribution < -0.4 is 15.5 Å². The van der Waals surface area contributed by atoms with Gasteiger partial charge in [-0.3, -0.25) is 29.4 Å². The van der Waals surface area contributed by atoms with Gasteiger partial charge < -0.3 is 10.2 Å². The number of hydrogen-bond acceptors (Lipinski definition) is 6. The number of anilines is 1. The third kappa shape index (κ3) is 2.95. The maximum Gasteiger partial charge on any atom is 0.264 e. The standard InChI is InChI=1S/C19H21FN4O4/c1-23(9-10-3-2-8-21-10)16-12(20)5-4-11-15(16)19(28)24(18(11)27)13-6-7-14(25)22-17(13)26/h4-5,10,13,21H,2-3,6-9H2,1H3,(H,22,25,26)/t10-,13?/m0/s1. The first-order valence-corrected chi connectivity index (χ1v) is 9.37. The van der Waals surface area contributed by atoms with E-state index in [2.05, 4.69) is 10.6 Å². The quantitative estimate of drug-likeness (QED) is 0.726. The Bertz CT molecular complexity index is 881. The van der Waals surface area contributed by atoms with Crippen molar-refractivity contribution in [3.63, 3.8) is 0 Å². The number of imide groups is 2. The summed E-state index contributed by atoms with van der Waals surface area (Å²) in [5.74, 6) is -3.05. The number of carbonyl (C=O) groups is 4. The second-order valence-corrected chi connectivity index (χ2v) is 7.44. The second-order valence-electron chi connectivity index (χ2n) is 7.44. The van der Waals surface area contributed by atoms with Crippen molar-refractivity contribution >= 4 is 29.3 Å². The first-order chi connectivity index (χ1) is 13.4.